The Labute approximate surface area is 195 Å². The minimum absolute atomic E-state index is 0.347. The number of carbonyl (C=O) groups excluding carboxylic acids is 2. The number of esters is 2. The number of benzene rings is 3. The van der Waals surface area contributed by atoms with Crippen LogP contribution in [-0.4, -0.2) is 18.5 Å². The van der Waals surface area contributed by atoms with E-state index in [-0.39, 0.29) is 0 Å². The van der Waals surface area contributed by atoms with Crippen LogP contribution in [0, 0.1) is 0 Å². The SMILES string of the molecule is CCCCCCCCOc1ccc(C(=O)Oc2ccc(C(=O)Oc3ccccc3)cc2)cc1. The summed E-state index contributed by atoms with van der Waals surface area (Å²) in [5.41, 5.74) is 0.792. The molecule has 5 heteroatoms. The zero-order valence-corrected chi connectivity index (χ0v) is 19.0. The number of unbranched alkanes of at least 4 members (excludes halogenated alkanes) is 5. The Morgan fingerprint density at radius 1 is 0.576 bits per heavy atom. The Balaban J connectivity index is 1.44. The first kappa shape index (κ1) is 24.1. The van der Waals surface area contributed by atoms with E-state index in [1.54, 1.807) is 72.8 Å². The quantitative estimate of drug-likeness (QED) is 0.173. The lowest BCUT2D eigenvalue weighted by Crippen LogP contribution is -2.10. The molecule has 3 rings (SSSR count). The summed E-state index contributed by atoms with van der Waals surface area (Å²) in [6.07, 6.45) is 7.28. The van der Waals surface area contributed by atoms with Gasteiger partial charge in [-0.1, -0.05) is 57.2 Å². The van der Waals surface area contributed by atoms with Crippen molar-refractivity contribution < 1.29 is 23.8 Å². The maximum absolute atomic E-state index is 12.4. The second kappa shape index (κ2) is 13.1. The van der Waals surface area contributed by atoms with Crippen molar-refractivity contribution in [2.45, 2.75) is 45.4 Å². The van der Waals surface area contributed by atoms with E-state index in [0.29, 0.717) is 29.2 Å². The van der Waals surface area contributed by atoms with Crippen LogP contribution in [-0.2, 0) is 0 Å². The van der Waals surface area contributed by atoms with Crippen molar-refractivity contribution in [2.24, 2.45) is 0 Å². The summed E-state index contributed by atoms with van der Waals surface area (Å²) >= 11 is 0. The van der Waals surface area contributed by atoms with Crippen LogP contribution >= 0.6 is 0 Å². The highest BCUT2D eigenvalue weighted by Gasteiger charge is 2.12. The van der Waals surface area contributed by atoms with E-state index < -0.39 is 11.9 Å². The van der Waals surface area contributed by atoms with Gasteiger partial charge in [-0.25, -0.2) is 9.59 Å². The molecule has 5 nitrogen and oxygen atoms in total. The fourth-order valence-corrected chi connectivity index (χ4v) is 3.24. The first-order valence-electron chi connectivity index (χ1n) is 11.5. The fraction of sp³-hybridized carbons (Fsp3) is 0.286. The second-order valence-electron chi connectivity index (χ2n) is 7.76. The van der Waals surface area contributed by atoms with E-state index in [0.717, 1.165) is 12.2 Å². The molecule has 0 N–H and O–H groups in total. The first-order chi connectivity index (χ1) is 16.2. The van der Waals surface area contributed by atoms with Crippen molar-refractivity contribution in [1.29, 1.82) is 0 Å². The summed E-state index contributed by atoms with van der Waals surface area (Å²) in [4.78, 5) is 24.6. The highest BCUT2D eigenvalue weighted by molar-refractivity contribution is 5.92. The first-order valence-corrected chi connectivity index (χ1v) is 11.5. The predicted molar refractivity (Wildman–Crippen MR) is 128 cm³/mol. The van der Waals surface area contributed by atoms with Gasteiger partial charge in [0.1, 0.15) is 17.2 Å². The molecule has 0 aromatic heterocycles. The highest BCUT2D eigenvalue weighted by Crippen LogP contribution is 2.18. The second-order valence-corrected chi connectivity index (χ2v) is 7.76. The lowest BCUT2D eigenvalue weighted by Gasteiger charge is -2.08. The molecular formula is C28H30O5. The van der Waals surface area contributed by atoms with Gasteiger partial charge in [-0.2, -0.15) is 0 Å². The van der Waals surface area contributed by atoms with Gasteiger partial charge >= 0.3 is 11.9 Å². The van der Waals surface area contributed by atoms with E-state index in [1.807, 2.05) is 6.07 Å². The van der Waals surface area contributed by atoms with Gasteiger partial charge < -0.3 is 14.2 Å². The summed E-state index contributed by atoms with van der Waals surface area (Å²) in [5.74, 6) is 0.603. The molecule has 0 aliphatic rings. The summed E-state index contributed by atoms with van der Waals surface area (Å²) in [7, 11) is 0. The van der Waals surface area contributed by atoms with Crippen molar-refractivity contribution in [3.05, 3.63) is 90.0 Å². The van der Waals surface area contributed by atoms with Crippen molar-refractivity contribution in [3.8, 4) is 17.2 Å². The van der Waals surface area contributed by atoms with Gasteiger partial charge in [0.05, 0.1) is 17.7 Å². The van der Waals surface area contributed by atoms with Crippen molar-refractivity contribution in [2.75, 3.05) is 6.61 Å². The zero-order valence-electron chi connectivity index (χ0n) is 19.0. The Morgan fingerprint density at radius 2 is 1.06 bits per heavy atom. The van der Waals surface area contributed by atoms with Crippen LogP contribution in [0.5, 0.6) is 17.2 Å². The van der Waals surface area contributed by atoms with Crippen LogP contribution in [0.25, 0.3) is 0 Å². The van der Waals surface area contributed by atoms with Crippen LogP contribution in [0.2, 0.25) is 0 Å². The molecule has 0 saturated carbocycles. The Morgan fingerprint density at radius 3 is 1.64 bits per heavy atom. The van der Waals surface area contributed by atoms with Crippen LogP contribution < -0.4 is 14.2 Å². The Hall–Kier alpha value is -3.60. The third kappa shape index (κ3) is 8.11. The summed E-state index contributed by atoms with van der Waals surface area (Å²) in [6.45, 7) is 2.89. The van der Waals surface area contributed by atoms with Gasteiger partial charge in [-0.3, -0.25) is 0 Å². The molecule has 0 radical (unpaired) electrons. The molecule has 3 aromatic carbocycles. The Bertz CT molecular complexity index is 995. The number of ether oxygens (including phenoxy) is 3. The maximum atomic E-state index is 12.4. The predicted octanol–water partition coefficient (Wildman–Crippen LogP) is 6.86. The molecule has 0 spiro atoms. The van der Waals surface area contributed by atoms with Gasteiger partial charge in [-0.15, -0.1) is 0 Å². The molecule has 0 unspecified atom stereocenters. The summed E-state index contributed by atoms with van der Waals surface area (Å²) < 4.78 is 16.5. The average Bonchev–Trinajstić information content (AvgIpc) is 2.85. The smallest absolute Gasteiger partial charge is 0.343 e. The third-order valence-electron chi connectivity index (χ3n) is 5.11. The highest BCUT2D eigenvalue weighted by atomic mass is 16.5. The molecular weight excluding hydrogens is 416 g/mol. The number of hydrogen-bond acceptors (Lipinski definition) is 5. The van der Waals surface area contributed by atoms with Crippen LogP contribution in [0.1, 0.15) is 66.2 Å². The standard InChI is InChI=1S/C28H30O5/c1-2-3-4-5-6-10-21-31-24-17-13-22(14-18-24)28(30)33-26-19-15-23(16-20-26)27(29)32-25-11-8-7-9-12-25/h7-9,11-20H,2-6,10,21H2,1H3. The van der Waals surface area contributed by atoms with E-state index in [2.05, 4.69) is 6.92 Å². The van der Waals surface area contributed by atoms with Gasteiger partial charge in [0.2, 0.25) is 0 Å². The third-order valence-corrected chi connectivity index (χ3v) is 5.11. The molecule has 0 aliphatic heterocycles. The van der Waals surface area contributed by atoms with Crippen LogP contribution in [0.4, 0.5) is 0 Å². The molecule has 0 atom stereocenters. The lowest BCUT2D eigenvalue weighted by molar-refractivity contribution is 0.0730. The van der Waals surface area contributed by atoms with Crippen molar-refractivity contribution in [1.82, 2.24) is 0 Å². The molecule has 0 bridgehead atoms. The average molecular weight is 447 g/mol. The molecule has 0 fully saturated rings. The van der Waals surface area contributed by atoms with Gasteiger partial charge in [0.15, 0.2) is 0 Å². The fourth-order valence-electron chi connectivity index (χ4n) is 3.24. The minimum atomic E-state index is -0.476. The van der Waals surface area contributed by atoms with Crippen LogP contribution in [0.15, 0.2) is 78.9 Å². The van der Waals surface area contributed by atoms with E-state index >= 15 is 0 Å². The van der Waals surface area contributed by atoms with E-state index in [9.17, 15) is 9.59 Å². The zero-order chi connectivity index (χ0) is 23.3. The minimum Gasteiger partial charge on any atom is -0.494 e. The number of para-hydroxylation sites is 1. The van der Waals surface area contributed by atoms with Gasteiger partial charge in [-0.05, 0) is 67.1 Å². The molecule has 33 heavy (non-hydrogen) atoms. The van der Waals surface area contributed by atoms with Crippen molar-refractivity contribution in [3.63, 3.8) is 0 Å². The largest absolute Gasteiger partial charge is 0.494 e. The molecule has 0 saturated heterocycles. The summed E-state index contributed by atoms with van der Waals surface area (Å²) in [6, 6.07) is 22.0. The molecule has 0 aliphatic carbocycles. The Kier molecular flexibility index (Phi) is 9.52. The van der Waals surface area contributed by atoms with E-state index in [1.165, 1.54) is 32.1 Å². The number of carbonyl (C=O) groups is 2. The summed E-state index contributed by atoms with van der Waals surface area (Å²) in [5, 5.41) is 0. The monoisotopic (exact) mass is 446 g/mol. The van der Waals surface area contributed by atoms with Crippen LogP contribution in [0.3, 0.4) is 0 Å². The molecule has 0 amide bonds. The van der Waals surface area contributed by atoms with Crippen molar-refractivity contribution >= 4 is 11.9 Å². The molecule has 0 heterocycles. The molecule has 3 aromatic rings. The number of hydrogen-bond donors (Lipinski definition) is 0. The maximum Gasteiger partial charge on any atom is 0.343 e. The van der Waals surface area contributed by atoms with Gasteiger partial charge in [0, 0.05) is 0 Å². The van der Waals surface area contributed by atoms with Gasteiger partial charge in [0.25, 0.3) is 0 Å². The topological polar surface area (TPSA) is 61.8 Å². The lowest BCUT2D eigenvalue weighted by atomic mass is 10.1. The molecule has 172 valence electrons. The number of rotatable bonds is 12. The van der Waals surface area contributed by atoms with E-state index in [4.69, 9.17) is 14.2 Å². The normalized spacial score (nSPS) is 10.5.